The van der Waals surface area contributed by atoms with Gasteiger partial charge in [-0.2, -0.15) is 5.10 Å². The molecule has 0 aliphatic carbocycles. The van der Waals surface area contributed by atoms with Crippen LogP contribution in [0, 0.1) is 5.82 Å². The van der Waals surface area contributed by atoms with Crippen LogP contribution in [-0.4, -0.2) is 24.5 Å². The predicted octanol–water partition coefficient (Wildman–Crippen LogP) is 2.60. The lowest BCUT2D eigenvalue weighted by Crippen LogP contribution is -2.14. The van der Waals surface area contributed by atoms with E-state index in [2.05, 4.69) is 20.2 Å². The molecule has 0 fully saturated rings. The fraction of sp³-hybridized carbons (Fsp3) is 0. The van der Waals surface area contributed by atoms with Gasteiger partial charge in [0.05, 0.1) is 11.1 Å². The van der Waals surface area contributed by atoms with Crippen molar-refractivity contribution in [3.63, 3.8) is 0 Å². The van der Waals surface area contributed by atoms with Gasteiger partial charge in [0.25, 0.3) is 15.9 Å². The number of aromatic nitrogens is 2. The van der Waals surface area contributed by atoms with E-state index >= 15 is 0 Å². The average Bonchev–Trinajstić information content (AvgIpc) is 3.08. The molecule has 0 saturated heterocycles. The second-order valence-corrected chi connectivity index (χ2v) is 6.74. The van der Waals surface area contributed by atoms with Crippen LogP contribution in [0.3, 0.4) is 0 Å². The van der Waals surface area contributed by atoms with E-state index in [0.717, 1.165) is 12.1 Å². The molecule has 3 aromatic rings. The second-order valence-electron chi connectivity index (χ2n) is 5.06. The number of sulfonamides is 1. The number of hydrogen-bond donors (Lipinski definition) is 3. The van der Waals surface area contributed by atoms with Gasteiger partial charge < -0.3 is 5.32 Å². The Morgan fingerprint density at radius 3 is 2.28 bits per heavy atom. The lowest BCUT2D eigenvalue weighted by atomic mass is 10.2. The molecule has 9 heteroatoms. The van der Waals surface area contributed by atoms with Gasteiger partial charge in [-0.25, -0.2) is 12.8 Å². The molecule has 0 atom stereocenters. The van der Waals surface area contributed by atoms with Crippen LogP contribution in [0.25, 0.3) is 0 Å². The molecule has 0 spiro atoms. The van der Waals surface area contributed by atoms with Crippen molar-refractivity contribution in [3.8, 4) is 0 Å². The summed E-state index contributed by atoms with van der Waals surface area (Å²) >= 11 is 0. The van der Waals surface area contributed by atoms with E-state index in [1.807, 2.05) is 0 Å². The van der Waals surface area contributed by atoms with E-state index in [1.54, 1.807) is 6.07 Å². The van der Waals surface area contributed by atoms with Crippen LogP contribution in [0.15, 0.2) is 65.7 Å². The first kappa shape index (κ1) is 16.7. The number of anilines is 2. The molecule has 128 valence electrons. The number of H-pyrrole nitrogens is 1. The number of benzene rings is 2. The summed E-state index contributed by atoms with van der Waals surface area (Å²) in [6.45, 7) is 0. The Balaban J connectivity index is 1.72. The summed E-state index contributed by atoms with van der Waals surface area (Å²) in [5.41, 5.74) is 0.627. The molecule has 0 saturated carbocycles. The number of nitrogens with zero attached hydrogens (tertiary/aromatic N) is 1. The van der Waals surface area contributed by atoms with Crippen molar-refractivity contribution in [1.82, 2.24) is 10.2 Å². The van der Waals surface area contributed by atoms with Crippen LogP contribution in [0.5, 0.6) is 0 Å². The first-order valence-corrected chi connectivity index (χ1v) is 8.61. The highest BCUT2D eigenvalue weighted by atomic mass is 32.2. The van der Waals surface area contributed by atoms with Gasteiger partial charge in [0, 0.05) is 17.3 Å². The Bertz CT molecular complexity index is 969. The maximum Gasteiger partial charge on any atom is 0.261 e. The molecule has 0 bridgehead atoms. The van der Waals surface area contributed by atoms with Gasteiger partial charge in [-0.1, -0.05) is 0 Å². The average molecular weight is 360 g/mol. The van der Waals surface area contributed by atoms with Crippen molar-refractivity contribution < 1.29 is 17.6 Å². The molecule has 0 radical (unpaired) electrons. The third-order valence-corrected chi connectivity index (χ3v) is 4.67. The molecule has 7 nitrogen and oxygen atoms in total. The zero-order valence-corrected chi connectivity index (χ0v) is 13.5. The van der Waals surface area contributed by atoms with Gasteiger partial charge in [-0.05, 0) is 48.5 Å². The maximum absolute atomic E-state index is 12.9. The van der Waals surface area contributed by atoms with E-state index in [1.165, 1.54) is 42.6 Å². The van der Waals surface area contributed by atoms with Gasteiger partial charge in [-0.3, -0.25) is 14.6 Å². The van der Waals surface area contributed by atoms with Crippen LogP contribution in [-0.2, 0) is 10.0 Å². The summed E-state index contributed by atoms with van der Waals surface area (Å²) in [5, 5.41) is 8.93. The summed E-state index contributed by atoms with van der Waals surface area (Å²) in [5.74, 6) is -0.435. The van der Waals surface area contributed by atoms with Crippen molar-refractivity contribution in [3.05, 3.63) is 72.2 Å². The van der Waals surface area contributed by atoms with Crippen molar-refractivity contribution in [2.24, 2.45) is 0 Å². The zero-order chi connectivity index (χ0) is 17.9. The Morgan fingerprint density at radius 1 is 1.00 bits per heavy atom. The Hall–Kier alpha value is -3.20. The van der Waals surface area contributed by atoms with Gasteiger partial charge in [0.1, 0.15) is 11.6 Å². The minimum Gasteiger partial charge on any atom is -0.307 e. The number of carbonyl (C=O) groups is 1. The molecule has 3 N–H and O–H groups in total. The summed E-state index contributed by atoms with van der Waals surface area (Å²) < 4.78 is 39.7. The summed E-state index contributed by atoms with van der Waals surface area (Å²) in [6.07, 6.45) is 1.50. The molecule has 3 rings (SSSR count). The van der Waals surface area contributed by atoms with Gasteiger partial charge in [0.15, 0.2) is 0 Å². The van der Waals surface area contributed by atoms with Crippen LogP contribution in [0.2, 0.25) is 0 Å². The fourth-order valence-corrected chi connectivity index (χ4v) is 3.10. The SMILES string of the molecule is O=C(Nc1ccn[nH]1)c1ccc(NS(=O)(=O)c2ccc(F)cc2)cc1. The van der Waals surface area contributed by atoms with Crippen LogP contribution in [0.4, 0.5) is 15.9 Å². The smallest absolute Gasteiger partial charge is 0.261 e. The summed E-state index contributed by atoms with van der Waals surface area (Å²) in [6, 6.07) is 12.0. The third-order valence-electron chi connectivity index (χ3n) is 3.27. The maximum atomic E-state index is 12.9. The van der Waals surface area contributed by atoms with Gasteiger partial charge in [0.2, 0.25) is 0 Å². The minimum absolute atomic E-state index is 0.0602. The van der Waals surface area contributed by atoms with Crippen LogP contribution < -0.4 is 10.0 Å². The molecule has 0 unspecified atom stereocenters. The normalized spacial score (nSPS) is 11.1. The van der Waals surface area contributed by atoms with E-state index in [4.69, 9.17) is 0 Å². The molecule has 1 heterocycles. The second kappa shape index (κ2) is 6.73. The number of rotatable bonds is 5. The molecule has 1 aromatic heterocycles. The number of halogens is 1. The fourth-order valence-electron chi connectivity index (χ4n) is 2.04. The number of aromatic amines is 1. The zero-order valence-electron chi connectivity index (χ0n) is 12.7. The third kappa shape index (κ3) is 4.01. The van der Waals surface area contributed by atoms with E-state index < -0.39 is 15.8 Å². The highest BCUT2D eigenvalue weighted by molar-refractivity contribution is 7.92. The van der Waals surface area contributed by atoms with E-state index in [0.29, 0.717) is 11.4 Å². The molecule has 2 aromatic carbocycles. The minimum atomic E-state index is -3.83. The first-order chi connectivity index (χ1) is 11.9. The standard InChI is InChI=1S/C16H13FN4O3S/c17-12-3-7-14(8-4-12)25(23,24)21-13-5-1-11(2-6-13)16(22)19-15-9-10-18-20-15/h1-10,21H,(H2,18,19,20,22). The largest absolute Gasteiger partial charge is 0.307 e. The van der Waals surface area contributed by atoms with Gasteiger partial charge >= 0.3 is 0 Å². The van der Waals surface area contributed by atoms with Crippen molar-refractivity contribution in [2.45, 2.75) is 4.90 Å². The molecular weight excluding hydrogens is 347 g/mol. The van der Waals surface area contributed by atoms with Crippen molar-refractivity contribution in [1.29, 1.82) is 0 Å². The lowest BCUT2D eigenvalue weighted by molar-refractivity contribution is 0.102. The number of hydrogen-bond acceptors (Lipinski definition) is 4. The van der Waals surface area contributed by atoms with Crippen molar-refractivity contribution in [2.75, 3.05) is 10.0 Å². The first-order valence-electron chi connectivity index (χ1n) is 7.13. The Kier molecular flexibility index (Phi) is 4.48. The van der Waals surface area contributed by atoms with Crippen LogP contribution >= 0.6 is 0 Å². The number of amides is 1. The topological polar surface area (TPSA) is 104 Å². The Morgan fingerprint density at radius 2 is 1.68 bits per heavy atom. The number of nitrogens with one attached hydrogen (secondary N) is 3. The van der Waals surface area contributed by atoms with Crippen LogP contribution in [0.1, 0.15) is 10.4 Å². The predicted molar refractivity (Wildman–Crippen MR) is 90.2 cm³/mol. The Labute approximate surface area is 142 Å². The molecule has 25 heavy (non-hydrogen) atoms. The molecule has 1 amide bonds. The monoisotopic (exact) mass is 360 g/mol. The van der Waals surface area contributed by atoms with E-state index in [-0.39, 0.29) is 16.5 Å². The highest BCUT2D eigenvalue weighted by Gasteiger charge is 2.14. The van der Waals surface area contributed by atoms with Gasteiger partial charge in [-0.15, -0.1) is 0 Å². The summed E-state index contributed by atoms with van der Waals surface area (Å²) in [4.78, 5) is 12.0. The summed E-state index contributed by atoms with van der Waals surface area (Å²) in [7, 11) is -3.83. The number of carbonyl (C=O) groups excluding carboxylic acids is 1. The quantitative estimate of drug-likeness (QED) is 0.650. The lowest BCUT2D eigenvalue weighted by Gasteiger charge is -2.09. The molecule has 0 aliphatic rings. The molecule has 0 aliphatic heterocycles. The van der Waals surface area contributed by atoms with Crippen molar-refractivity contribution >= 4 is 27.4 Å². The molecular formula is C16H13FN4O3S. The highest BCUT2D eigenvalue weighted by Crippen LogP contribution is 2.17. The van der Waals surface area contributed by atoms with E-state index in [9.17, 15) is 17.6 Å².